The Labute approximate surface area is 142 Å². The summed E-state index contributed by atoms with van der Waals surface area (Å²) in [6.45, 7) is 2.02. The van der Waals surface area contributed by atoms with Gasteiger partial charge >= 0.3 is 0 Å². The van der Waals surface area contributed by atoms with Gasteiger partial charge in [0, 0.05) is 5.56 Å². The number of sulfonamides is 1. The van der Waals surface area contributed by atoms with Gasteiger partial charge in [-0.3, -0.25) is 0 Å². The van der Waals surface area contributed by atoms with Crippen LogP contribution in [0.15, 0.2) is 83.8 Å². The quantitative estimate of drug-likeness (QED) is 0.778. The van der Waals surface area contributed by atoms with Crippen LogP contribution < -0.4 is 4.72 Å². The van der Waals surface area contributed by atoms with E-state index in [4.69, 9.17) is 0 Å². The summed E-state index contributed by atoms with van der Waals surface area (Å²) in [6.07, 6.45) is 0. The Kier molecular flexibility index (Phi) is 3.34. The predicted octanol–water partition coefficient (Wildman–Crippen LogP) is 3.58. The summed E-state index contributed by atoms with van der Waals surface area (Å²) in [7, 11) is -3.57. The van der Waals surface area contributed by atoms with E-state index in [-0.39, 0.29) is 0 Å². The Morgan fingerprint density at radius 3 is 2.04 bits per heavy atom. The van der Waals surface area contributed by atoms with E-state index in [0.717, 1.165) is 22.3 Å². The van der Waals surface area contributed by atoms with Gasteiger partial charge in [-0.05, 0) is 24.1 Å². The lowest BCUT2D eigenvalue weighted by molar-refractivity contribution is 0.552. The highest BCUT2D eigenvalue weighted by molar-refractivity contribution is 7.90. The van der Waals surface area contributed by atoms with Crippen LogP contribution in [0.2, 0.25) is 0 Å². The zero-order valence-electron chi connectivity index (χ0n) is 13.2. The van der Waals surface area contributed by atoms with E-state index in [1.54, 1.807) is 12.1 Å². The highest BCUT2D eigenvalue weighted by atomic mass is 32.2. The molecule has 3 aromatic rings. The number of hydrogen-bond donors (Lipinski definition) is 1. The molecule has 24 heavy (non-hydrogen) atoms. The van der Waals surface area contributed by atoms with Crippen LogP contribution in [0.25, 0.3) is 0 Å². The van der Waals surface area contributed by atoms with Gasteiger partial charge < -0.3 is 0 Å². The number of aryl methyl sites for hydroxylation is 1. The van der Waals surface area contributed by atoms with Crippen molar-refractivity contribution in [2.45, 2.75) is 17.4 Å². The van der Waals surface area contributed by atoms with Crippen LogP contribution in [0.4, 0.5) is 0 Å². The Morgan fingerprint density at radius 2 is 1.33 bits per heavy atom. The molecule has 1 aliphatic heterocycles. The molecule has 120 valence electrons. The second-order valence-electron chi connectivity index (χ2n) is 6.08. The van der Waals surface area contributed by atoms with Crippen molar-refractivity contribution >= 4 is 10.0 Å². The minimum Gasteiger partial charge on any atom is -0.207 e. The summed E-state index contributed by atoms with van der Waals surface area (Å²) in [4.78, 5) is 0.342. The number of hydrogen-bond acceptors (Lipinski definition) is 2. The highest BCUT2D eigenvalue weighted by Crippen LogP contribution is 2.45. The van der Waals surface area contributed by atoms with Crippen LogP contribution in [-0.4, -0.2) is 8.42 Å². The molecule has 0 saturated carbocycles. The fourth-order valence-electron chi connectivity index (χ4n) is 3.41. The third-order valence-electron chi connectivity index (χ3n) is 4.56. The van der Waals surface area contributed by atoms with Gasteiger partial charge in [0.2, 0.25) is 10.0 Å². The molecule has 4 rings (SSSR count). The Bertz CT molecular complexity index is 995. The van der Waals surface area contributed by atoms with Gasteiger partial charge in [0.25, 0.3) is 0 Å². The molecule has 1 atom stereocenters. The average molecular weight is 335 g/mol. The second-order valence-corrected chi connectivity index (χ2v) is 7.73. The van der Waals surface area contributed by atoms with E-state index in [1.165, 1.54) is 0 Å². The summed E-state index contributed by atoms with van der Waals surface area (Å²) < 4.78 is 28.5. The van der Waals surface area contributed by atoms with Gasteiger partial charge in [-0.2, -0.15) is 4.72 Å². The second kappa shape index (κ2) is 5.30. The SMILES string of the molecule is Cc1ccc([C@@]2(c3ccccc3)NS(=O)(=O)c3ccccc32)cc1. The fourth-order valence-corrected chi connectivity index (χ4v) is 5.04. The van der Waals surface area contributed by atoms with Crippen LogP contribution in [-0.2, 0) is 15.6 Å². The van der Waals surface area contributed by atoms with Gasteiger partial charge in [0.1, 0.15) is 5.54 Å². The summed E-state index contributed by atoms with van der Waals surface area (Å²) in [5.74, 6) is 0. The maximum absolute atomic E-state index is 12.8. The Hall–Kier alpha value is -2.43. The molecule has 0 spiro atoms. The number of benzene rings is 3. The molecule has 0 radical (unpaired) electrons. The van der Waals surface area contributed by atoms with Crippen LogP contribution in [0, 0.1) is 6.92 Å². The number of rotatable bonds is 2. The molecule has 0 aromatic heterocycles. The van der Waals surface area contributed by atoms with Gasteiger partial charge in [-0.15, -0.1) is 0 Å². The Balaban J connectivity index is 2.10. The van der Waals surface area contributed by atoms with E-state index in [2.05, 4.69) is 4.72 Å². The lowest BCUT2D eigenvalue weighted by atomic mass is 9.78. The van der Waals surface area contributed by atoms with E-state index in [0.29, 0.717) is 4.90 Å². The minimum atomic E-state index is -3.57. The average Bonchev–Trinajstić information content (AvgIpc) is 2.86. The molecule has 0 bridgehead atoms. The van der Waals surface area contributed by atoms with Crippen molar-refractivity contribution in [3.8, 4) is 0 Å². The first-order valence-electron chi connectivity index (χ1n) is 7.80. The Morgan fingerprint density at radius 1 is 0.750 bits per heavy atom. The van der Waals surface area contributed by atoms with Crippen molar-refractivity contribution in [2.75, 3.05) is 0 Å². The third kappa shape index (κ3) is 2.11. The number of nitrogens with one attached hydrogen (secondary N) is 1. The molecular weight excluding hydrogens is 318 g/mol. The van der Waals surface area contributed by atoms with Crippen molar-refractivity contribution in [1.82, 2.24) is 4.72 Å². The first-order chi connectivity index (χ1) is 11.5. The predicted molar refractivity (Wildman–Crippen MR) is 94.3 cm³/mol. The van der Waals surface area contributed by atoms with Crippen LogP contribution in [0.5, 0.6) is 0 Å². The summed E-state index contributed by atoms with van der Waals surface area (Å²) >= 11 is 0. The van der Waals surface area contributed by atoms with Gasteiger partial charge in [-0.25, -0.2) is 8.42 Å². The molecule has 1 N–H and O–H groups in total. The van der Waals surface area contributed by atoms with Crippen molar-refractivity contribution < 1.29 is 8.42 Å². The molecule has 3 nitrogen and oxygen atoms in total. The van der Waals surface area contributed by atoms with E-state index in [1.807, 2.05) is 73.7 Å². The van der Waals surface area contributed by atoms with Gasteiger partial charge in [0.05, 0.1) is 4.90 Å². The zero-order chi connectivity index (χ0) is 16.8. The molecule has 0 amide bonds. The molecule has 0 aliphatic carbocycles. The van der Waals surface area contributed by atoms with Crippen LogP contribution in [0.3, 0.4) is 0 Å². The fraction of sp³-hybridized carbons (Fsp3) is 0.100. The third-order valence-corrected chi connectivity index (χ3v) is 6.07. The smallest absolute Gasteiger partial charge is 0.207 e. The first kappa shape index (κ1) is 15.1. The van der Waals surface area contributed by atoms with Crippen molar-refractivity contribution in [1.29, 1.82) is 0 Å². The largest absolute Gasteiger partial charge is 0.242 e. The molecule has 3 aromatic carbocycles. The lowest BCUT2D eigenvalue weighted by Gasteiger charge is -2.31. The molecule has 1 heterocycles. The molecule has 0 fully saturated rings. The molecular formula is C20H17NO2S. The monoisotopic (exact) mass is 335 g/mol. The van der Waals surface area contributed by atoms with E-state index >= 15 is 0 Å². The minimum absolute atomic E-state index is 0.342. The van der Waals surface area contributed by atoms with Crippen molar-refractivity contribution in [3.05, 3.63) is 101 Å². The topological polar surface area (TPSA) is 46.2 Å². The standard InChI is InChI=1S/C20H17NO2S/c1-15-11-13-17(14-12-15)20(16-7-3-2-4-8-16)18-9-5-6-10-19(18)24(22,23)21-20/h2-14,21H,1H3/t20-/m1/s1. The molecule has 1 aliphatic rings. The lowest BCUT2D eigenvalue weighted by Crippen LogP contribution is -2.41. The number of fused-ring (bicyclic) bond motifs is 1. The van der Waals surface area contributed by atoms with Gasteiger partial charge in [0.15, 0.2) is 0 Å². The summed E-state index contributed by atoms with van der Waals surface area (Å²) in [5.41, 5.74) is 2.82. The normalized spacial score (nSPS) is 21.4. The summed E-state index contributed by atoms with van der Waals surface area (Å²) in [5, 5.41) is 0. The van der Waals surface area contributed by atoms with E-state index < -0.39 is 15.6 Å². The van der Waals surface area contributed by atoms with Crippen LogP contribution >= 0.6 is 0 Å². The van der Waals surface area contributed by atoms with Gasteiger partial charge in [-0.1, -0.05) is 78.4 Å². The van der Waals surface area contributed by atoms with Crippen LogP contribution in [0.1, 0.15) is 22.3 Å². The molecule has 0 unspecified atom stereocenters. The first-order valence-corrected chi connectivity index (χ1v) is 9.28. The van der Waals surface area contributed by atoms with E-state index in [9.17, 15) is 8.42 Å². The molecule has 0 saturated heterocycles. The van der Waals surface area contributed by atoms with Crippen molar-refractivity contribution in [2.24, 2.45) is 0 Å². The highest BCUT2D eigenvalue weighted by Gasteiger charge is 2.48. The van der Waals surface area contributed by atoms with Crippen molar-refractivity contribution in [3.63, 3.8) is 0 Å². The zero-order valence-corrected chi connectivity index (χ0v) is 14.0. The molecule has 4 heteroatoms. The summed E-state index contributed by atoms with van der Waals surface area (Å²) in [6, 6.07) is 24.9. The maximum atomic E-state index is 12.8. The maximum Gasteiger partial charge on any atom is 0.242 e.